The van der Waals surface area contributed by atoms with E-state index in [1.54, 1.807) is 36.4 Å². The van der Waals surface area contributed by atoms with Gasteiger partial charge in [0.05, 0.1) is 18.1 Å². The van der Waals surface area contributed by atoms with Gasteiger partial charge in [0.15, 0.2) is 17.3 Å². The van der Waals surface area contributed by atoms with Crippen molar-refractivity contribution in [2.24, 2.45) is 0 Å². The summed E-state index contributed by atoms with van der Waals surface area (Å²) in [5.41, 5.74) is 1.98. The molecule has 0 saturated carbocycles. The van der Waals surface area contributed by atoms with E-state index >= 15 is 0 Å². The van der Waals surface area contributed by atoms with Gasteiger partial charge in [0.1, 0.15) is 5.52 Å². The van der Waals surface area contributed by atoms with E-state index in [-0.39, 0.29) is 0 Å². The largest absolute Gasteiger partial charge is 0.493 e. The second-order valence-electron chi connectivity index (χ2n) is 5.65. The Labute approximate surface area is 149 Å². The van der Waals surface area contributed by atoms with Crippen LogP contribution in [0.3, 0.4) is 0 Å². The molecule has 0 unspecified atom stereocenters. The van der Waals surface area contributed by atoms with E-state index in [9.17, 15) is 4.79 Å². The van der Waals surface area contributed by atoms with Crippen LogP contribution in [0.25, 0.3) is 22.2 Å². The predicted octanol–water partition coefficient (Wildman–Crippen LogP) is 4.72. The summed E-state index contributed by atoms with van der Waals surface area (Å²) in [5, 5.41) is 4.81. The van der Waals surface area contributed by atoms with Gasteiger partial charge in [-0.1, -0.05) is 47.6 Å². The molecule has 4 aromatic rings. The maximum atomic E-state index is 12.6. The van der Waals surface area contributed by atoms with Gasteiger partial charge < -0.3 is 14.0 Å². The molecule has 128 valence electrons. The summed E-state index contributed by atoms with van der Waals surface area (Å²) in [6, 6.07) is 21.8. The van der Waals surface area contributed by atoms with Crippen molar-refractivity contribution in [2.45, 2.75) is 0 Å². The standard InChI is InChI=1S/C21H15NO4/c1-24-18-9-5-6-10-19(18)25-21(23)15-11-12-17-16(13-15)20(26-22-17)14-7-3-2-4-8-14/h2-13H,1H3. The average molecular weight is 345 g/mol. The van der Waals surface area contributed by atoms with Crippen molar-refractivity contribution in [1.29, 1.82) is 0 Å². The topological polar surface area (TPSA) is 61.6 Å². The molecule has 0 atom stereocenters. The third-order valence-corrected chi connectivity index (χ3v) is 4.02. The predicted molar refractivity (Wildman–Crippen MR) is 97.4 cm³/mol. The first-order chi connectivity index (χ1) is 12.8. The smallest absolute Gasteiger partial charge is 0.343 e. The summed E-state index contributed by atoms with van der Waals surface area (Å²) in [6.07, 6.45) is 0. The number of hydrogen-bond acceptors (Lipinski definition) is 5. The lowest BCUT2D eigenvalue weighted by Gasteiger charge is -2.08. The molecule has 0 amide bonds. The molecular formula is C21H15NO4. The number of benzene rings is 3. The first kappa shape index (κ1) is 15.9. The highest BCUT2D eigenvalue weighted by atomic mass is 16.6. The fraction of sp³-hybridized carbons (Fsp3) is 0.0476. The average Bonchev–Trinajstić information content (AvgIpc) is 3.12. The number of nitrogens with zero attached hydrogens (tertiary/aromatic N) is 1. The van der Waals surface area contributed by atoms with E-state index in [4.69, 9.17) is 14.0 Å². The summed E-state index contributed by atoms with van der Waals surface area (Å²) < 4.78 is 16.2. The fourth-order valence-corrected chi connectivity index (χ4v) is 2.73. The van der Waals surface area contributed by atoms with Crippen LogP contribution in [0.2, 0.25) is 0 Å². The quantitative estimate of drug-likeness (QED) is 0.395. The molecule has 0 radical (unpaired) electrons. The van der Waals surface area contributed by atoms with Crippen LogP contribution in [0.1, 0.15) is 10.4 Å². The normalized spacial score (nSPS) is 10.7. The Balaban J connectivity index is 1.70. The number of ether oxygens (including phenoxy) is 2. The number of carbonyl (C=O) groups excluding carboxylic acids is 1. The Kier molecular flexibility index (Phi) is 4.11. The van der Waals surface area contributed by atoms with Crippen LogP contribution < -0.4 is 9.47 Å². The molecule has 4 rings (SSSR count). The molecule has 1 aromatic heterocycles. The molecule has 0 aliphatic carbocycles. The first-order valence-corrected chi connectivity index (χ1v) is 8.06. The molecular weight excluding hydrogens is 330 g/mol. The van der Waals surface area contributed by atoms with Crippen LogP contribution in [0.4, 0.5) is 0 Å². The van der Waals surface area contributed by atoms with Gasteiger partial charge in [-0.15, -0.1) is 0 Å². The zero-order chi connectivity index (χ0) is 17.9. The molecule has 1 heterocycles. The van der Waals surface area contributed by atoms with Crippen LogP contribution in [0.15, 0.2) is 77.3 Å². The molecule has 3 aromatic carbocycles. The van der Waals surface area contributed by atoms with E-state index in [2.05, 4.69) is 5.16 Å². The molecule has 26 heavy (non-hydrogen) atoms. The maximum absolute atomic E-state index is 12.6. The number of aromatic nitrogens is 1. The van der Waals surface area contributed by atoms with Gasteiger partial charge in [0.2, 0.25) is 0 Å². The van der Waals surface area contributed by atoms with Crippen LogP contribution >= 0.6 is 0 Å². The molecule has 0 N–H and O–H groups in total. The van der Waals surface area contributed by atoms with E-state index < -0.39 is 5.97 Å². The molecule has 0 saturated heterocycles. The Morgan fingerprint density at radius 1 is 0.923 bits per heavy atom. The number of para-hydroxylation sites is 2. The highest BCUT2D eigenvalue weighted by Crippen LogP contribution is 2.30. The number of fused-ring (bicyclic) bond motifs is 1. The number of esters is 1. The maximum Gasteiger partial charge on any atom is 0.343 e. The third kappa shape index (κ3) is 2.91. The second-order valence-corrected chi connectivity index (χ2v) is 5.65. The van der Waals surface area contributed by atoms with Crippen molar-refractivity contribution in [3.63, 3.8) is 0 Å². The molecule has 0 aliphatic heterocycles. The Bertz CT molecular complexity index is 1070. The van der Waals surface area contributed by atoms with Crippen molar-refractivity contribution in [3.8, 4) is 22.8 Å². The number of hydrogen-bond donors (Lipinski definition) is 0. The van der Waals surface area contributed by atoms with Gasteiger partial charge in [-0.25, -0.2) is 4.79 Å². The number of carbonyl (C=O) groups is 1. The minimum atomic E-state index is -0.475. The van der Waals surface area contributed by atoms with E-state index in [0.29, 0.717) is 28.3 Å². The summed E-state index contributed by atoms with van der Waals surface area (Å²) in [6.45, 7) is 0. The Hall–Kier alpha value is -3.60. The zero-order valence-corrected chi connectivity index (χ0v) is 14.0. The fourth-order valence-electron chi connectivity index (χ4n) is 2.73. The Morgan fingerprint density at radius 2 is 1.65 bits per heavy atom. The summed E-state index contributed by atoms with van der Waals surface area (Å²) in [5.74, 6) is 1.01. The van der Waals surface area contributed by atoms with Crippen LogP contribution in [-0.4, -0.2) is 18.2 Å². The number of methoxy groups -OCH3 is 1. The molecule has 5 heteroatoms. The van der Waals surface area contributed by atoms with E-state index in [0.717, 1.165) is 10.9 Å². The van der Waals surface area contributed by atoms with Crippen LogP contribution in [-0.2, 0) is 0 Å². The van der Waals surface area contributed by atoms with Crippen molar-refractivity contribution < 1.29 is 18.8 Å². The van der Waals surface area contributed by atoms with Gasteiger partial charge in [-0.3, -0.25) is 0 Å². The van der Waals surface area contributed by atoms with Crippen LogP contribution in [0.5, 0.6) is 11.5 Å². The van der Waals surface area contributed by atoms with Crippen LogP contribution in [0, 0.1) is 0 Å². The van der Waals surface area contributed by atoms with Gasteiger partial charge in [-0.05, 0) is 30.3 Å². The molecule has 0 spiro atoms. The van der Waals surface area contributed by atoms with Crippen molar-refractivity contribution in [3.05, 3.63) is 78.4 Å². The summed E-state index contributed by atoms with van der Waals surface area (Å²) in [4.78, 5) is 12.6. The van der Waals surface area contributed by atoms with E-state index in [1.807, 2.05) is 36.4 Å². The monoisotopic (exact) mass is 345 g/mol. The number of rotatable bonds is 4. The van der Waals surface area contributed by atoms with Gasteiger partial charge in [-0.2, -0.15) is 0 Å². The van der Waals surface area contributed by atoms with Crippen molar-refractivity contribution in [1.82, 2.24) is 5.16 Å². The van der Waals surface area contributed by atoms with Crippen molar-refractivity contribution >= 4 is 16.9 Å². The Morgan fingerprint density at radius 3 is 2.42 bits per heavy atom. The summed E-state index contributed by atoms with van der Waals surface area (Å²) >= 11 is 0. The van der Waals surface area contributed by atoms with Gasteiger partial charge in [0, 0.05) is 5.56 Å². The lowest BCUT2D eigenvalue weighted by atomic mass is 10.1. The van der Waals surface area contributed by atoms with Gasteiger partial charge in [0.25, 0.3) is 0 Å². The minimum Gasteiger partial charge on any atom is -0.493 e. The molecule has 0 fully saturated rings. The van der Waals surface area contributed by atoms with E-state index in [1.165, 1.54) is 7.11 Å². The SMILES string of the molecule is COc1ccccc1OC(=O)c1ccc2noc(-c3ccccc3)c2c1. The molecule has 5 nitrogen and oxygen atoms in total. The third-order valence-electron chi connectivity index (χ3n) is 4.02. The second kappa shape index (κ2) is 6.72. The van der Waals surface area contributed by atoms with Crippen molar-refractivity contribution in [2.75, 3.05) is 7.11 Å². The first-order valence-electron chi connectivity index (χ1n) is 8.06. The highest BCUT2D eigenvalue weighted by Gasteiger charge is 2.16. The molecule has 0 aliphatic rings. The minimum absolute atomic E-state index is 0.369. The zero-order valence-electron chi connectivity index (χ0n) is 14.0. The summed E-state index contributed by atoms with van der Waals surface area (Å²) in [7, 11) is 1.53. The van der Waals surface area contributed by atoms with Gasteiger partial charge >= 0.3 is 5.97 Å². The highest BCUT2D eigenvalue weighted by molar-refractivity contribution is 5.99. The molecule has 0 bridgehead atoms. The lowest BCUT2D eigenvalue weighted by Crippen LogP contribution is -2.09. The lowest BCUT2D eigenvalue weighted by molar-refractivity contribution is 0.0730.